The minimum atomic E-state index is 0.166. The van der Waals surface area contributed by atoms with Gasteiger partial charge < -0.3 is 4.90 Å². The SMILES string of the molecule is Cc1nc(CN2CCCCC2)sc1C(=O)N1CCN(Cc2ccccc2)CC1. The molecule has 0 saturated carbocycles. The summed E-state index contributed by atoms with van der Waals surface area (Å²) in [5, 5.41) is 1.09. The summed E-state index contributed by atoms with van der Waals surface area (Å²) in [6.07, 6.45) is 3.90. The zero-order chi connectivity index (χ0) is 19.3. The fraction of sp³-hybridized carbons (Fsp3) is 0.545. The second-order valence-corrected chi connectivity index (χ2v) is 9.00. The van der Waals surface area contributed by atoms with Gasteiger partial charge in [-0.2, -0.15) is 0 Å². The van der Waals surface area contributed by atoms with E-state index in [9.17, 15) is 4.79 Å². The molecule has 28 heavy (non-hydrogen) atoms. The third kappa shape index (κ3) is 4.80. The maximum absolute atomic E-state index is 13.1. The standard InChI is InChI=1S/C22H30N4OS/c1-18-21(28-20(23-18)17-24-10-6-3-7-11-24)22(27)26-14-12-25(13-15-26)16-19-8-4-2-5-9-19/h2,4-5,8-9H,3,6-7,10-17H2,1H3. The van der Waals surface area contributed by atoms with Gasteiger partial charge in [-0.25, -0.2) is 4.98 Å². The van der Waals surface area contributed by atoms with Crippen molar-refractivity contribution in [2.24, 2.45) is 0 Å². The molecule has 2 saturated heterocycles. The van der Waals surface area contributed by atoms with E-state index in [0.29, 0.717) is 0 Å². The Kier molecular flexibility index (Phi) is 6.40. The van der Waals surface area contributed by atoms with Crippen LogP contribution in [0, 0.1) is 6.92 Å². The number of hydrogen-bond acceptors (Lipinski definition) is 5. The number of aryl methyl sites for hydroxylation is 1. The summed E-state index contributed by atoms with van der Waals surface area (Å²) in [7, 11) is 0. The van der Waals surface area contributed by atoms with E-state index in [2.05, 4.69) is 40.1 Å². The molecule has 0 N–H and O–H groups in total. The molecule has 2 aromatic rings. The Balaban J connectivity index is 1.32. The van der Waals surface area contributed by atoms with Gasteiger partial charge in [0.2, 0.25) is 0 Å². The fourth-order valence-corrected chi connectivity index (χ4v) is 5.20. The van der Waals surface area contributed by atoms with E-state index in [-0.39, 0.29) is 5.91 Å². The lowest BCUT2D eigenvalue weighted by Gasteiger charge is -2.34. The van der Waals surface area contributed by atoms with Crippen molar-refractivity contribution < 1.29 is 4.79 Å². The topological polar surface area (TPSA) is 39.7 Å². The quantitative estimate of drug-likeness (QED) is 0.774. The van der Waals surface area contributed by atoms with Crippen LogP contribution in [0.25, 0.3) is 0 Å². The van der Waals surface area contributed by atoms with Crippen LogP contribution in [0.4, 0.5) is 0 Å². The Morgan fingerprint density at radius 3 is 2.32 bits per heavy atom. The first-order chi connectivity index (χ1) is 13.7. The Bertz CT molecular complexity index is 777. The number of piperidine rings is 1. The summed E-state index contributed by atoms with van der Waals surface area (Å²) in [5.41, 5.74) is 2.23. The van der Waals surface area contributed by atoms with E-state index in [1.54, 1.807) is 11.3 Å². The summed E-state index contributed by atoms with van der Waals surface area (Å²) >= 11 is 1.60. The van der Waals surface area contributed by atoms with Crippen molar-refractivity contribution in [2.75, 3.05) is 39.3 Å². The predicted octanol–water partition coefficient (Wildman–Crippen LogP) is 3.40. The van der Waals surface area contributed by atoms with Crippen LogP contribution in [0.2, 0.25) is 0 Å². The maximum Gasteiger partial charge on any atom is 0.265 e. The molecule has 150 valence electrons. The molecular formula is C22H30N4OS. The van der Waals surface area contributed by atoms with E-state index < -0.39 is 0 Å². The van der Waals surface area contributed by atoms with Crippen LogP contribution in [0.3, 0.4) is 0 Å². The predicted molar refractivity (Wildman–Crippen MR) is 114 cm³/mol. The van der Waals surface area contributed by atoms with E-state index >= 15 is 0 Å². The molecule has 0 spiro atoms. The van der Waals surface area contributed by atoms with Crippen LogP contribution in [-0.4, -0.2) is 64.9 Å². The minimum Gasteiger partial charge on any atom is -0.335 e. The summed E-state index contributed by atoms with van der Waals surface area (Å²) in [6.45, 7) is 9.60. The van der Waals surface area contributed by atoms with Gasteiger partial charge in [0.15, 0.2) is 0 Å². The number of hydrogen-bond donors (Lipinski definition) is 0. The number of piperazine rings is 1. The van der Waals surface area contributed by atoms with Gasteiger partial charge in [0.1, 0.15) is 9.88 Å². The Hall–Kier alpha value is -1.76. The number of carbonyl (C=O) groups is 1. The van der Waals surface area contributed by atoms with Crippen LogP contribution >= 0.6 is 11.3 Å². The van der Waals surface area contributed by atoms with Crippen LogP contribution < -0.4 is 0 Å². The molecule has 3 heterocycles. The molecular weight excluding hydrogens is 368 g/mol. The Labute approximate surface area is 172 Å². The molecule has 5 nitrogen and oxygen atoms in total. The van der Waals surface area contributed by atoms with Gasteiger partial charge in [0.05, 0.1) is 12.2 Å². The summed E-state index contributed by atoms with van der Waals surface area (Å²) in [4.78, 5) is 25.5. The lowest BCUT2D eigenvalue weighted by molar-refractivity contribution is 0.0632. The molecule has 0 bridgehead atoms. The zero-order valence-electron chi connectivity index (χ0n) is 16.8. The van der Waals surface area contributed by atoms with E-state index in [1.165, 1.54) is 24.8 Å². The molecule has 2 aliphatic heterocycles. The summed E-state index contributed by atoms with van der Waals surface area (Å²) < 4.78 is 0. The number of likely N-dealkylation sites (tertiary alicyclic amines) is 1. The molecule has 6 heteroatoms. The number of rotatable bonds is 5. The molecule has 0 unspecified atom stereocenters. The lowest BCUT2D eigenvalue weighted by Crippen LogP contribution is -2.48. The van der Waals surface area contributed by atoms with Crippen LogP contribution in [0.5, 0.6) is 0 Å². The van der Waals surface area contributed by atoms with Gasteiger partial charge in [-0.05, 0) is 38.4 Å². The van der Waals surface area contributed by atoms with E-state index in [0.717, 1.165) is 67.9 Å². The van der Waals surface area contributed by atoms with Crippen molar-refractivity contribution in [2.45, 2.75) is 39.3 Å². The first-order valence-corrected chi connectivity index (χ1v) is 11.2. The van der Waals surface area contributed by atoms with E-state index in [1.807, 2.05) is 11.8 Å². The normalized spacial score (nSPS) is 19.1. The Morgan fingerprint density at radius 2 is 1.61 bits per heavy atom. The molecule has 2 fully saturated rings. The first-order valence-electron chi connectivity index (χ1n) is 10.4. The van der Waals surface area contributed by atoms with Crippen molar-refractivity contribution in [1.82, 2.24) is 19.7 Å². The molecule has 4 rings (SSSR count). The number of benzene rings is 1. The molecule has 1 amide bonds. The first kappa shape index (κ1) is 19.6. The number of aromatic nitrogens is 1. The third-order valence-electron chi connectivity index (χ3n) is 5.75. The van der Waals surface area contributed by atoms with Gasteiger partial charge >= 0.3 is 0 Å². The average molecular weight is 399 g/mol. The van der Waals surface area contributed by atoms with Gasteiger partial charge in [-0.1, -0.05) is 36.8 Å². The molecule has 0 radical (unpaired) electrons. The van der Waals surface area contributed by atoms with Crippen molar-refractivity contribution in [3.63, 3.8) is 0 Å². The number of carbonyl (C=O) groups excluding carboxylic acids is 1. The minimum absolute atomic E-state index is 0.166. The average Bonchev–Trinajstić information content (AvgIpc) is 3.09. The van der Waals surface area contributed by atoms with Gasteiger partial charge in [0.25, 0.3) is 5.91 Å². The highest BCUT2D eigenvalue weighted by Gasteiger charge is 2.26. The number of thiazole rings is 1. The summed E-state index contributed by atoms with van der Waals surface area (Å²) in [6, 6.07) is 10.6. The van der Waals surface area contributed by atoms with E-state index in [4.69, 9.17) is 4.98 Å². The summed E-state index contributed by atoms with van der Waals surface area (Å²) in [5.74, 6) is 0.166. The Morgan fingerprint density at radius 1 is 0.929 bits per heavy atom. The number of nitrogens with zero attached hydrogens (tertiary/aromatic N) is 4. The maximum atomic E-state index is 13.1. The number of amides is 1. The molecule has 1 aromatic carbocycles. The second-order valence-electron chi connectivity index (χ2n) is 7.91. The monoisotopic (exact) mass is 398 g/mol. The third-order valence-corrected chi connectivity index (χ3v) is 6.88. The van der Waals surface area contributed by atoms with Crippen LogP contribution in [0.1, 0.15) is 45.2 Å². The molecule has 0 aliphatic carbocycles. The zero-order valence-corrected chi connectivity index (χ0v) is 17.6. The highest BCUT2D eigenvalue weighted by molar-refractivity contribution is 7.13. The molecule has 2 aliphatic rings. The lowest BCUT2D eigenvalue weighted by atomic mass is 10.1. The highest BCUT2D eigenvalue weighted by Crippen LogP contribution is 2.23. The smallest absolute Gasteiger partial charge is 0.265 e. The molecule has 0 atom stereocenters. The van der Waals surface area contributed by atoms with Crippen molar-refractivity contribution in [3.8, 4) is 0 Å². The van der Waals surface area contributed by atoms with Crippen LogP contribution in [-0.2, 0) is 13.1 Å². The fourth-order valence-electron chi connectivity index (χ4n) is 4.12. The highest BCUT2D eigenvalue weighted by atomic mass is 32.1. The van der Waals surface area contributed by atoms with Crippen molar-refractivity contribution in [1.29, 1.82) is 0 Å². The van der Waals surface area contributed by atoms with Crippen molar-refractivity contribution in [3.05, 3.63) is 51.5 Å². The second kappa shape index (κ2) is 9.16. The van der Waals surface area contributed by atoms with Gasteiger partial charge in [-0.15, -0.1) is 11.3 Å². The van der Waals surface area contributed by atoms with Crippen LogP contribution in [0.15, 0.2) is 30.3 Å². The van der Waals surface area contributed by atoms with Gasteiger partial charge in [-0.3, -0.25) is 14.6 Å². The van der Waals surface area contributed by atoms with Gasteiger partial charge in [0, 0.05) is 32.7 Å². The largest absolute Gasteiger partial charge is 0.335 e. The van der Waals surface area contributed by atoms with Crippen molar-refractivity contribution >= 4 is 17.2 Å². The molecule has 1 aromatic heterocycles.